The summed E-state index contributed by atoms with van der Waals surface area (Å²) in [6.45, 7) is 1.09. The number of non-ortho nitro benzene ring substituents is 1. The van der Waals surface area contributed by atoms with Crippen LogP contribution in [0.1, 0.15) is 5.56 Å². The second kappa shape index (κ2) is 8.87. The Balaban J connectivity index is 1.94. The van der Waals surface area contributed by atoms with Crippen LogP contribution in [0, 0.1) is 10.1 Å². The van der Waals surface area contributed by atoms with E-state index in [2.05, 4.69) is 20.8 Å². The first-order valence-corrected chi connectivity index (χ1v) is 7.52. The number of nitrogens with one attached hydrogen (secondary N) is 3. The summed E-state index contributed by atoms with van der Waals surface area (Å²) in [5.74, 6) is -0.0380. The van der Waals surface area contributed by atoms with Crippen LogP contribution in [0.3, 0.4) is 0 Å². The molecule has 0 radical (unpaired) electrons. The minimum absolute atomic E-state index is 0.0380. The molecule has 0 saturated heterocycles. The second-order valence-corrected chi connectivity index (χ2v) is 5.07. The van der Waals surface area contributed by atoms with Gasteiger partial charge in [-0.15, -0.1) is 5.10 Å². The molecule has 9 nitrogen and oxygen atoms in total. The van der Waals surface area contributed by atoms with Crippen molar-refractivity contribution in [3.05, 3.63) is 64.2 Å². The van der Waals surface area contributed by atoms with Gasteiger partial charge in [0.1, 0.15) is 0 Å². The molecule has 0 amide bonds. The van der Waals surface area contributed by atoms with Gasteiger partial charge < -0.3 is 22.1 Å². The summed E-state index contributed by atoms with van der Waals surface area (Å²) in [5, 5.41) is 23.4. The van der Waals surface area contributed by atoms with E-state index in [1.54, 1.807) is 18.3 Å². The average molecular weight is 342 g/mol. The Labute approximate surface area is 144 Å². The number of nitro groups is 1. The fraction of sp³-hybridized carbons (Fsp3) is 0.125. The zero-order valence-corrected chi connectivity index (χ0v) is 13.5. The number of anilines is 2. The van der Waals surface area contributed by atoms with Crippen LogP contribution < -0.4 is 27.2 Å². The topological polar surface area (TPSA) is 146 Å². The van der Waals surface area contributed by atoms with E-state index >= 15 is 0 Å². The molecule has 0 unspecified atom stereocenters. The van der Waals surface area contributed by atoms with Crippen LogP contribution in [0.15, 0.2) is 53.6 Å². The highest BCUT2D eigenvalue weighted by Gasteiger charge is 2.05. The van der Waals surface area contributed by atoms with Gasteiger partial charge in [0.05, 0.1) is 11.5 Å². The number of hydrogen-bond donors (Lipinski definition) is 5. The number of nitrogens with two attached hydrogens (primary N) is 2. The number of nitrogens with zero attached hydrogens (tertiary/aromatic N) is 2. The predicted octanol–water partition coefficient (Wildman–Crippen LogP) is -0.0414. The Morgan fingerprint density at radius 1 is 1.16 bits per heavy atom. The SMILES string of the molecule is NC(N)=N[NH+]=CCNc1ccccc1CNc1ccc([N+](=O)[O-])cc1. The molecular formula is C16H20N7O2+. The second-order valence-electron chi connectivity index (χ2n) is 5.07. The monoisotopic (exact) mass is 342 g/mol. The van der Waals surface area contributed by atoms with Gasteiger partial charge in [0, 0.05) is 35.2 Å². The number of para-hydroxylation sites is 1. The Morgan fingerprint density at radius 2 is 1.88 bits per heavy atom. The first kappa shape index (κ1) is 17.7. The Morgan fingerprint density at radius 3 is 2.56 bits per heavy atom. The van der Waals surface area contributed by atoms with Gasteiger partial charge in [-0.05, 0) is 23.8 Å². The van der Waals surface area contributed by atoms with E-state index in [-0.39, 0.29) is 11.6 Å². The van der Waals surface area contributed by atoms with Crippen molar-refractivity contribution in [2.75, 3.05) is 17.2 Å². The Bertz CT molecular complexity index is 768. The highest BCUT2D eigenvalue weighted by atomic mass is 16.6. The van der Waals surface area contributed by atoms with Crippen LogP contribution in [0.2, 0.25) is 0 Å². The molecule has 25 heavy (non-hydrogen) atoms. The molecule has 0 spiro atoms. The minimum Gasteiger partial charge on any atom is -0.381 e. The third-order valence-electron chi connectivity index (χ3n) is 3.26. The first-order valence-electron chi connectivity index (χ1n) is 7.52. The Hall–Kier alpha value is -3.62. The number of rotatable bonds is 8. The van der Waals surface area contributed by atoms with Gasteiger partial charge in [-0.1, -0.05) is 18.2 Å². The molecule has 0 aliphatic carbocycles. The van der Waals surface area contributed by atoms with E-state index in [1.807, 2.05) is 24.3 Å². The predicted molar refractivity (Wildman–Crippen MR) is 98.2 cm³/mol. The first-order chi connectivity index (χ1) is 12.1. The van der Waals surface area contributed by atoms with E-state index in [9.17, 15) is 10.1 Å². The summed E-state index contributed by atoms with van der Waals surface area (Å²) < 4.78 is 0. The van der Waals surface area contributed by atoms with Crippen LogP contribution in [0.4, 0.5) is 17.1 Å². The summed E-state index contributed by atoms with van der Waals surface area (Å²) in [7, 11) is 0. The molecular weight excluding hydrogens is 322 g/mol. The standard InChI is InChI=1S/C16H19N7O2/c17-16(18)22-21-10-9-19-15-4-2-1-3-12(15)11-20-13-5-7-14(8-6-13)23(24)25/h1-8,10,19-20H,9,11H2,(H4,17,18,22)/p+1. The lowest BCUT2D eigenvalue weighted by Crippen LogP contribution is -2.64. The molecule has 0 saturated carbocycles. The van der Waals surface area contributed by atoms with Gasteiger partial charge in [-0.25, -0.2) is 0 Å². The van der Waals surface area contributed by atoms with Crippen molar-refractivity contribution in [1.29, 1.82) is 0 Å². The fourth-order valence-corrected chi connectivity index (χ4v) is 2.07. The van der Waals surface area contributed by atoms with Gasteiger partial charge in [0.15, 0.2) is 6.21 Å². The van der Waals surface area contributed by atoms with E-state index in [1.165, 1.54) is 12.1 Å². The summed E-state index contributed by atoms with van der Waals surface area (Å²) in [4.78, 5) is 10.2. The highest BCUT2D eigenvalue weighted by Crippen LogP contribution is 2.19. The Kier molecular flexibility index (Phi) is 6.29. The quantitative estimate of drug-likeness (QED) is 0.197. The molecule has 0 atom stereocenters. The summed E-state index contributed by atoms with van der Waals surface area (Å²) in [6, 6.07) is 14.1. The molecule has 0 aromatic heterocycles. The zero-order chi connectivity index (χ0) is 18.1. The van der Waals surface area contributed by atoms with Crippen molar-refractivity contribution in [2.45, 2.75) is 6.54 Å². The average Bonchev–Trinajstić information content (AvgIpc) is 2.60. The molecule has 2 aromatic rings. The van der Waals surface area contributed by atoms with E-state index in [4.69, 9.17) is 11.5 Å². The van der Waals surface area contributed by atoms with Crippen LogP contribution >= 0.6 is 0 Å². The lowest BCUT2D eigenvalue weighted by molar-refractivity contribution is -0.457. The van der Waals surface area contributed by atoms with Crippen molar-refractivity contribution in [1.82, 2.24) is 0 Å². The maximum atomic E-state index is 10.7. The summed E-state index contributed by atoms with van der Waals surface area (Å²) in [5.41, 5.74) is 13.3. The molecule has 7 N–H and O–H groups in total. The smallest absolute Gasteiger partial charge is 0.269 e. The minimum atomic E-state index is -0.421. The molecule has 0 fully saturated rings. The van der Waals surface area contributed by atoms with E-state index < -0.39 is 4.92 Å². The molecule has 2 aromatic carbocycles. The molecule has 0 aliphatic heterocycles. The zero-order valence-electron chi connectivity index (χ0n) is 13.5. The van der Waals surface area contributed by atoms with Crippen LogP contribution in [-0.2, 0) is 6.54 Å². The number of guanidine groups is 1. The molecule has 130 valence electrons. The molecule has 9 heteroatoms. The lowest BCUT2D eigenvalue weighted by atomic mass is 10.1. The normalized spacial score (nSPS) is 10.4. The lowest BCUT2D eigenvalue weighted by Gasteiger charge is -2.11. The van der Waals surface area contributed by atoms with Crippen molar-refractivity contribution in [2.24, 2.45) is 16.6 Å². The van der Waals surface area contributed by atoms with Crippen molar-refractivity contribution < 1.29 is 10.0 Å². The molecule has 0 aliphatic rings. The van der Waals surface area contributed by atoms with Gasteiger partial charge in [0.2, 0.25) is 0 Å². The van der Waals surface area contributed by atoms with E-state index in [0.717, 1.165) is 16.9 Å². The number of benzene rings is 2. The molecule has 2 rings (SSSR count). The van der Waals surface area contributed by atoms with Gasteiger partial charge >= 0.3 is 0 Å². The fourth-order valence-electron chi connectivity index (χ4n) is 2.07. The highest BCUT2D eigenvalue weighted by molar-refractivity contribution is 5.75. The van der Waals surface area contributed by atoms with Crippen LogP contribution in [-0.4, -0.2) is 23.6 Å². The van der Waals surface area contributed by atoms with Crippen molar-refractivity contribution >= 4 is 29.2 Å². The van der Waals surface area contributed by atoms with Gasteiger partial charge in [0.25, 0.3) is 11.6 Å². The molecule has 0 heterocycles. The van der Waals surface area contributed by atoms with Crippen LogP contribution in [0.5, 0.6) is 0 Å². The molecule has 0 bridgehead atoms. The maximum Gasteiger partial charge on any atom is 0.269 e. The number of nitro benzene ring substituents is 1. The third kappa shape index (κ3) is 5.82. The summed E-state index contributed by atoms with van der Waals surface area (Å²) >= 11 is 0. The van der Waals surface area contributed by atoms with E-state index in [0.29, 0.717) is 13.1 Å². The largest absolute Gasteiger partial charge is 0.381 e. The maximum absolute atomic E-state index is 10.7. The van der Waals surface area contributed by atoms with Crippen molar-refractivity contribution in [3.63, 3.8) is 0 Å². The number of hydrazone groups is 1. The van der Waals surface area contributed by atoms with Crippen LogP contribution in [0.25, 0.3) is 0 Å². The van der Waals surface area contributed by atoms with Crippen molar-refractivity contribution in [3.8, 4) is 0 Å². The third-order valence-corrected chi connectivity index (χ3v) is 3.26. The number of hydrogen-bond acceptors (Lipinski definition) is 5. The summed E-state index contributed by atoms with van der Waals surface area (Å²) in [6.07, 6.45) is 1.68. The van der Waals surface area contributed by atoms with Gasteiger partial charge in [-0.2, -0.15) is 0 Å². The van der Waals surface area contributed by atoms with Gasteiger partial charge in [-0.3, -0.25) is 10.1 Å².